The molecule has 2 aromatic heterocycles. The van der Waals surface area contributed by atoms with Gasteiger partial charge < -0.3 is 0 Å². The molecule has 0 radical (unpaired) electrons. The average molecular weight is 174 g/mol. The molecule has 0 saturated heterocycles. The van der Waals surface area contributed by atoms with E-state index < -0.39 is 0 Å². The first kappa shape index (κ1) is 7.91. The number of H-pyrrole nitrogens is 1. The summed E-state index contributed by atoms with van der Waals surface area (Å²) in [5.41, 5.74) is 2.89. The zero-order valence-electron chi connectivity index (χ0n) is 7.36. The molecular formula is C9H10N4. The van der Waals surface area contributed by atoms with Crippen molar-refractivity contribution in [2.45, 2.75) is 13.3 Å². The number of aromatic amines is 1. The van der Waals surface area contributed by atoms with Crippen molar-refractivity contribution in [2.24, 2.45) is 0 Å². The Kier molecular flexibility index (Phi) is 2.04. The van der Waals surface area contributed by atoms with E-state index in [2.05, 4.69) is 27.3 Å². The Labute approximate surface area is 76.0 Å². The lowest BCUT2D eigenvalue weighted by molar-refractivity contribution is 0.908. The Bertz CT molecular complexity index is 380. The lowest BCUT2D eigenvalue weighted by Crippen LogP contribution is -1.86. The van der Waals surface area contributed by atoms with E-state index in [-0.39, 0.29) is 0 Å². The third kappa shape index (κ3) is 1.42. The van der Waals surface area contributed by atoms with Gasteiger partial charge in [0.25, 0.3) is 0 Å². The lowest BCUT2D eigenvalue weighted by atomic mass is 10.1. The summed E-state index contributed by atoms with van der Waals surface area (Å²) in [5, 5.41) is 10.7. The molecule has 4 nitrogen and oxygen atoms in total. The lowest BCUT2D eigenvalue weighted by Gasteiger charge is -1.95. The highest BCUT2D eigenvalue weighted by Crippen LogP contribution is 2.17. The molecule has 0 fully saturated rings. The van der Waals surface area contributed by atoms with E-state index in [0.717, 1.165) is 23.4 Å². The van der Waals surface area contributed by atoms with Gasteiger partial charge in [0.05, 0.1) is 5.69 Å². The van der Waals surface area contributed by atoms with E-state index in [1.165, 1.54) is 0 Å². The minimum Gasteiger partial charge on any atom is -0.264 e. The number of aryl methyl sites for hydroxylation is 1. The summed E-state index contributed by atoms with van der Waals surface area (Å²) >= 11 is 0. The zero-order valence-corrected chi connectivity index (χ0v) is 7.36. The van der Waals surface area contributed by atoms with Crippen LogP contribution in [-0.4, -0.2) is 20.4 Å². The summed E-state index contributed by atoms with van der Waals surface area (Å²) < 4.78 is 0. The van der Waals surface area contributed by atoms with E-state index in [4.69, 9.17) is 0 Å². The van der Waals surface area contributed by atoms with Gasteiger partial charge in [0.2, 0.25) is 0 Å². The van der Waals surface area contributed by atoms with Gasteiger partial charge in [-0.25, -0.2) is 0 Å². The molecule has 0 amide bonds. The largest absolute Gasteiger partial charge is 0.264 e. The molecule has 0 spiro atoms. The van der Waals surface area contributed by atoms with Crippen molar-refractivity contribution in [1.82, 2.24) is 20.4 Å². The van der Waals surface area contributed by atoms with Crippen LogP contribution in [-0.2, 0) is 6.42 Å². The molecular weight excluding hydrogens is 164 g/mol. The zero-order chi connectivity index (χ0) is 9.10. The van der Waals surface area contributed by atoms with Crippen molar-refractivity contribution >= 4 is 0 Å². The normalized spacial score (nSPS) is 10.2. The standard InChI is InChI=1S/C9H10N4/c1-2-8-9(12-13-11-8)7-4-3-5-10-6-7/h3-6H,2H2,1H3,(H,11,12,13). The van der Waals surface area contributed by atoms with Crippen LogP contribution >= 0.6 is 0 Å². The quantitative estimate of drug-likeness (QED) is 0.749. The SMILES string of the molecule is CCc1n[nH]nc1-c1cccnc1. The van der Waals surface area contributed by atoms with Crippen LogP contribution in [0.4, 0.5) is 0 Å². The minimum atomic E-state index is 0.876. The number of hydrogen-bond acceptors (Lipinski definition) is 3. The van der Waals surface area contributed by atoms with Crippen LogP contribution in [0.2, 0.25) is 0 Å². The van der Waals surface area contributed by atoms with Crippen LogP contribution in [0.5, 0.6) is 0 Å². The predicted molar refractivity (Wildman–Crippen MR) is 49.0 cm³/mol. The third-order valence-electron chi connectivity index (χ3n) is 1.89. The van der Waals surface area contributed by atoms with Crippen molar-refractivity contribution in [2.75, 3.05) is 0 Å². The van der Waals surface area contributed by atoms with E-state index in [0.29, 0.717) is 0 Å². The van der Waals surface area contributed by atoms with Crippen LogP contribution in [0.25, 0.3) is 11.3 Å². The van der Waals surface area contributed by atoms with Crippen molar-refractivity contribution in [3.63, 3.8) is 0 Å². The van der Waals surface area contributed by atoms with Gasteiger partial charge in [-0.05, 0) is 18.6 Å². The van der Waals surface area contributed by atoms with Crippen LogP contribution in [0, 0.1) is 0 Å². The molecule has 0 bridgehead atoms. The first-order valence-electron chi connectivity index (χ1n) is 4.22. The van der Waals surface area contributed by atoms with Gasteiger partial charge >= 0.3 is 0 Å². The fourth-order valence-corrected chi connectivity index (χ4v) is 1.23. The highest BCUT2D eigenvalue weighted by molar-refractivity contribution is 5.59. The fraction of sp³-hybridized carbons (Fsp3) is 0.222. The van der Waals surface area contributed by atoms with Crippen LogP contribution < -0.4 is 0 Å². The minimum absolute atomic E-state index is 0.876. The summed E-state index contributed by atoms with van der Waals surface area (Å²) in [6.45, 7) is 2.05. The molecule has 0 unspecified atom stereocenters. The van der Waals surface area contributed by atoms with Crippen LogP contribution in [0.3, 0.4) is 0 Å². The van der Waals surface area contributed by atoms with Gasteiger partial charge in [-0.2, -0.15) is 15.4 Å². The Morgan fingerprint density at radius 3 is 3.00 bits per heavy atom. The van der Waals surface area contributed by atoms with Gasteiger partial charge in [0.15, 0.2) is 0 Å². The number of pyridine rings is 1. The van der Waals surface area contributed by atoms with Gasteiger partial charge in [-0.1, -0.05) is 6.92 Å². The summed E-state index contributed by atoms with van der Waals surface area (Å²) in [6, 6.07) is 3.87. The molecule has 4 heteroatoms. The Hall–Kier alpha value is -1.71. The van der Waals surface area contributed by atoms with E-state index in [1.54, 1.807) is 12.4 Å². The molecule has 2 heterocycles. The summed E-state index contributed by atoms with van der Waals surface area (Å²) in [6.07, 6.45) is 4.41. The van der Waals surface area contributed by atoms with Crippen molar-refractivity contribution < 1.29 is 0 Å². The Morgan fingerprint density at radius 2 is 2.31 bits per heavy atom. The summed E-state index contributed by atoms with van der Waals surface area (Å²) in [5.74, 6) is 0. The third-order valence-corrected chi connectivity index (χ3v) is 1.89. The number of hydrogen-bond donors (Lipinski definition) is 1. The number of aromatic nitrogens is 4. The Morgan fingerprint density at radius 1 is 1.38 bits per heavy atom. The van der Waals surface area contributed by atoms with Crippen LogP contribution in [0.1, 0.15) is 12.6 Å². The predicted octanol–water partition coefficient (Wildman–Crippen LogP) is 1.43. The second-order valence-corrected chi connectivity index (χ2v) is 2.71. The van der Waals surface area contributed by atoms with E-state index in [9.17, 15) is 0 Å². The maximum Gasteiger partial charge on any atom is 0.117 e. The maximum atomic E-state index is 4.08. The van der Waals surface area contributed by atoms with Gasteiger partial charge in [-0.15, -0.1) is 0 Å². The topological polar surface area (TPSA) is 54.5 Å². The molecule has 0 aliphatic rings. The second-order valence-electron chi connectivity index (χ2n) is 2.71. The molecule has 0 saturated carbocycles. The van der Waals surface area contributed by atoms with E-state index in [1.807, 2.05) is 12.1 Å². The molecule has 2 rings (SSSR count). The number of rotatable bonds is 2. The fourth-order valence-electron chi connectivity index (χ4n) is 1.23. The smallest absolute Gasteiger partial charge is 0.117 e. The Balaban J connectivity index is 2.47. The van der Waals surface area contributed by atoms with Gasteiger partial charge in [-0.3, -0.25) is 4.98 Å². The van der Waals surface area contributed by atoms with Crippen LogP contribution in [0.15, 0.2) is 24.5 Å². The molecule has 0 aliphatic heterocycles. The van der Waals surface area contributed by atoms with E-state index >= 15 is 0 Å². The highest BCUT2D eigenvalue weighted by atomic mass is 15.3. The maximum absolute atomic E-state index is 4.08. The van der Waals surface area contributed by atoms with Gasteiger partial charge in [0.1, 0.15) is 5.69 Å². The molecule has 0 atom stereocenters. The molecule has 13 heavy (non-hydrogen) atoms. The summed E-state index contributed by atoms with van der Waals surface area (Å²) in [7, 11) is 0. The van der Waals surface area contributed by atoms with Crippen molar-refractivity contribution in [3.05, 3.63) is 30.2 Å². The first-order valence-corrected chi connectivity index (χ1v) is 4.22. The summed E-state index contributed by atoms with van der Waals surface area (Å²) in [4.78, 5) is 4.03. The first-order chi connectivity index (χ1) is 6.42. The van der Waals surface area contributed by atoms with Crippen molar-refractivity contribution in [3.8, 4) is 11.3 Å². The molecule has 66 valence electrons. The number of nitrogens with one attached hydrogen (secondary N) is 1. The molecule has 2 aromatic rings. The monoisotopic (exact) mass is 174 g/mol. The number of nitrogens with zero attached hydrogens (tertiary/aromatic N) is 3. The molecule has 1 N–H and O–H groups in total. The van der Waals surface area contributed by atoms with Gasteiger partial charge in [0, 0.05) is 18.0 Å². The van der Waals surface area contributed by atoms with Crippen molar-refractivity contribution in [1.29, 1.82) is 0 Å². The average Bonchev–Trinajstić information content (AvgIpc) is 2.67. The molecule has 0 aromatic carbocycles. The second kappa shape index (κ2) is 3.35. The highest BCUT2D eigenvalue weighted by Gasteiger charge is 2.07. The molecule has 0 aliphatic carbocycles.